The van der Waals surface area contributed by atoms with Gasteiger partial charge in [-0.25, -0.2) is 4.98 Å². The maximum Gasteiger partial charge on any atom is 0.254 e. The molecule has 152 valence electrons. The first kappa shape index (κ1) is 22.6. The summed E-state index contributed by atoms with van der Waals surface area (Å²) < 4.78 is 6.66. The maximum atomic E-state index is 13.3. The smallest absolute Gasteiger partial charge is 0.254 e. The van der Waals surface area contributed by atoms with Gasteiger partial charge in [-0.1, -0.05) is 30.9 Å². The molecule has 1 unspecified atom stereocenters. The highest BCUT2D eigenvalue weighted by Crippen LogP contribution is 2.17. The standard InChI is InChI=1S/C23H26BrN3O2/c1-5-7-14-25-18(4)20-10-8-9-11-21(20)23(28)27(6-2)17(3)16-29-22-13-12-19(24)15-26-22/h5,7-15,17H,1,6,16H2,2-4H3/b14-7-,25-18?. The van der Waals surface area contributed by atoms with Crippen LogP contribution in [0.5, 0.6) is 5.88 Å². The summed E-state index contributed by atoms with van der Waals surface area (Å²) in [5.41, 5.74) is 2.20. The molecule has 0 saturated heterocycles. The second kappa shape index (κ2) is 11.3. The van der Waals surface area contributed by atoms with E-state index in [2.05, 4.69) is 32.5 Å². The van der Waals surface area contributed by atoms with Crippen molar-refractivity contribution in [1.29, 1.82) is 0 Å². The molecule has 6 heteroatoms. The zero-order chi connectivity index (χ0) is 21.2. The van der Waals surface area contributed by atoms with Crippen molar-refractivity contribution in [2.45, 2.75) is 26.8 Å². The van der Waals surface area contributed by atoms with Crippen LogP contribution in [0, 0.1) is 0 Å². The lowest BCUT2D eigenvalue weighted by atomic mass is 10.0. The number of aromatic nitrogens is 1. The Morgan fingerprint density at radius 1 is 1.31 bits per heavy atom. The number of amides is 1. The molecule has 0 bridgehead atoms. The fourth-order valence-electron chi connectivity index (χ4n) is 2.82. The number of carbonyl (C=O) groups is 1. The molecule has 0 fully saturated rings. The second-order valence-electron chi connectivity index (χ2n) is 6.40. The van der Waals surface area contributed by atoms with Crippen LogP contribution in [0.2, 0.25) is 0 Å². The molecule has 2 rings (SSSR count). The zero-order valence-electron chi connectivity index (χ0n) is 17.0. The molecule has 2 aromatic rings. The van der Waals surface area contributed by atoms with Gasteiger partial charge in [0, 0.05) is 46.3 Å². The molecule has 1 amide bonds. The molecule has 1 heterocycles. The number of aliphatic imine (C=N–C) groups is 1. The average Bonchev–Trinajstić information content (AvgIpc) is 2.74. The maximum absolute atomic E-state index is 13.3. The van der Waals surface area contributed by atoms with E-state index in [1.807, 2.05) is 51.1 Å². The molecule has 0 aliphatic rings. The number of nitrogens with zero attached hydrogens (tertiary/aromatic N) is 3. The predicted octanol–water partition coefficient (Wildman–Crippen LogP) is 5.28. The molecular formula is C23H26BrN3O2. The van der Waals surface area contributed by atoms with Gasteiger partial charge >= 0.3 is 0 Å². The van der Waals surface area contributed by atoms with Gasteiger partial charge in [-0.3, -0.25) is 9.79 Å². The van der Waals surface area contributed by atoms with Crippen molar-refractivity contribution in [2.24, 2.45) is 4.99 Å². The van der Waals surface area contributed by atoms with E-state index in [0.717, 1.165) is 15.7 Å². The third-order valence-corrected chi connectivity index (χ3v) is 4.81. The normalized spacial score (nSPS) is 12.6. The summed E-state index contributed by atoms with van der Waals surface area (Å²) in [6.07, 6.45) is 6.77. The highest BCUT2D eigenvalue weighted by atomic mass is 79.9. The lowest BCUT2D eigenvalue weighted by Crippen LogP contribution is -2.42. The van der Waals surface area contributed by atoms with Crippen molar-refractivity contribution >= 4 is 27.5 Å². The first-order chi connectivity index (χ1) is 14.0. The van der Waals surface area contributed by atoms with E-state index in [0.29, 0.717) is 24.6 Å². The highest BCUT2D eigenvalue weighted by molar-refractivity contribution is 9.10. The number of ether oxygens (including phenoxy) is 1. The molecule has 0 spiro atoms. The molecule has 5 nitrogen and oxygen atoms in total. The first-order valence-corrected chi connectivity index (χ1v) is 10.2. The topological polar surface area (TPSA) is 54.8 Å². The van der Waals surface area contributed by atoms with Crippen molar-refractivity contribution in [3.63, 3.8) is 0 Å². The number of rotatable bonds is 9. The Hall–Kier alpha value is -2.73. The number of halogens is 1. The number of benzene rings is 1. The SMILES string of the molecule is C=C/C=C\N=C(C)c1ccccc1C(=O)N(CC)C(C)COc1ccc(Br)cn1. The molecule has 0 N–H and O–H groups in total. The van der Waals surface area contributed by atoms with Crippen LogP contribution in [0.4, 0.5) is 0 Å². The summed E-state index contributed by atoms with van der Waals surface area (Å²) in [6.45, 7) is 10.4. The van der Waals surface area contributed by atoms with Gasteiger partial charge in [0.15, 0.2) is 0 Å². The Labute approximate surface area is 181 Å². The van der Waals surface area contributed by atoms with Gasteiger partial charge in [0.25, 0.3) is 5.91 Å². The molecule has 1 aromatic carbocycles. The quantitative estimate of drug-likeness (QED) is 0.381. The van der Waals surface area contributed by atoms with Crippen LogP contribution < -0.4 is 4.74 Å². The lowest BCUT2D eigenvalue weighted by Gasteiger charge is -2.28. The van der Waals surface area contributed by atoms with Gasteiger partial charge in [0.05, 0.1) is 6.04 Å². The molecule has 0 radical (unpaired) electrons. The van der Waals surface area contributed by atoms with Crippen molar-refractivity contribution in [3.05, 3.63) is 83.1 Å². The van der Waals surface area contributed by atoms with Crippen molar-refractivity contribution in [2.75, 3.05) is 13.2 Å². The Balaban J connectivity index is 2.18. The van der Waals surface area contributed by atoms with E-state index < -0.39 is 0 Å². The van der Waals surface area contributed by atoms with E-state index in [-0.39, 0.29) is 11.9 Å². The van der Waals surface area contributed by atoms with E-state index >= 15 is 0 Å². The van der Waals surface area contributed by atoms with E-state index in [4.69, 9.17) is 4.74 Å². The monoisotopic (exact) mass is 455 g/mol. The number of likely N-dealkylation sites (N-methyl/N-ethyl adjacent to an activating group) is 1. The number of hydrogen-bond donors (Lipinski definition) is 0. The fraction of sp³-hybridized carbons (Fsp3) is 0.261. The average molecular weight is 456 g/mol. The number of allylic oxidation sites excluding steroid dienone is 2. The predicted molar refractivity (Wildman–Crippen MR) is 122 cm³/mol. The molecular weight excluding hydrogens is 430 g/mol. The molecule has 1 aromatic heterocycles. The summed E-state index contributed by atoms with van der Waals surface area (Å²) in [5, 5.41) is 0. The van der Waals surface area contributed by atoms with E-state index in [9.17, 15) is 4.79 Å². The van der Waals surface area contributed by atoms with Gasteiger partial charge < -0.3 is 9.64 Å². The van der Waals surface area contributed by atoms with Crippen LogP contribution in [0.3, 0.4) is 0 Å². The lowest BCUT2D eigenvalue weighted by molar-refractivity contribution is 0.0646. The van der Waals surface area contributed by atoms with Crippen molar-refractivity contribution in [3.8, 4) is 5.88 Å². The van der Waals surface area contributed by atoms with E-state index in [1.54, 1.807) is 35.5 Å². The van der Waals surface area contributed by atoms with Gasteiger partial charge in [-0.05, 0) is 54.9 Å². The Morgan fingerprint density at radius 3 is 2.66 bits per heavy atom. The van der Waals surface area contributed by atoms with Gasteiger partial charge in [0.1, 0.15) is 6.61 Å². The first-order valence-electron chi connectivity index (χ1n) is 9.44. The molecule has 0 aliphatic heterocycles. The Bertz CT molecular complexity index is 891. The van der Waals surface area contributed by atoms with Crippen LogP contribution in [-0.2, 0) is 0 Å². The zero-order valence-corrected chi connectivity index (χ0v) is 18.6. The van der Waals surface area contributed by atoms with Crippen LogP contribution in [-0.4, -0.2) is 40.7 Å². The summed E-state index contributed by atoms with van der Waals surface area (Å²) in [6, 6.07) is 11.1. The summed E-state index contributed by atoms with van der Waals surface area (Å²) >= 11 is 3.35. The van der Waals surface area contributed by atoms with Gasteiger partial charge in [-0.2, -0.15) is 0 Å². The highest BCUT2D eigenvalue weighted by Gasteiger charge is 2.23. The summed E-state index contributed by atoms with van der Waals surface area (Å²) in [4.78, 5) is 23.7. The number of hydrogen-bond acceptors (Lipinski definition) is 4. The Morgan fingerprint density at radius 2 is 2.03 bits per heavy atom. The number of pyridine rings is 1. The molecule has 1 atom stereocenters. The minimum atomic E-state index is -0.121. The summed E-state index contributed by atoms with van der Waals surface area (Å²) in [5.74, 6) is 0.478. The van der Waals surface area contributed by atoms with E-state index in [1.165, 1.54) is 0 Å². The van der Waals surface area contributed by atoms with Crippen LogP contribution in [0.1, 0.15) is 36.7 Å². The molecule has 0 saturated carbocycles. The minimum Gasteiger partial charge on any atom is -0.475 e. The summed E-state index contributed by atoms with van der Waals surface area (Å²) in [7, 11) is 0. The fourth-order valence-corrected chi connectivity index (χ4v) is 3.06. The third kappa shape index (κ3) is 6.39. The van der Waals surface area contributed by atoms with Crippen LogP contribution in [0.25, 0.3) is 0 Å². The number of carbonyl (C=O) groups excluding carboxylic acids is 1. The van der Waals surface area contributed by atoms with Gasteiger partial charge in [0.2, 0.25) is 5.88 Å². The van der Waals surface area contributed by atoms with Crippen molar-refractivity contribution < 1.29 is 9.53 Å². The van der Waals surface area contributed by atoms with Crippen LogP contribution in [0.15, 0.2) is 77.0 Å². The van der Waals surface area contributed by atoms with Gasteiger partial charge in [-0.15, -0.1) is 0 Å². The largest absolute Gasteiger partial charge is 0.475 e. The third-order valence-electron chi connectivity index (χ3n) is 4.34. The Kier molecular flexibility index (Phi) is 8.80. The molecule has 0 aliphatic carbocycles. The van der Waals surface area contributed by atoms with Crippen LogP contribution >= 0.6 is 15.9 Å². The van der Waals surface area contributed by atoms with Crippen molar-refractivity contribution in [1.82, 2.24) is 9.88 Å². The molecule has 29 heavy (non-hydrogen) atoms. The second-order valence-corrected chi connectivity index (χ2v) is 7.32. The minimum absolute atomic E-state index is 0.0507.